The summed E-state index contributed by atoms with van der Waals surface area (Å²) in [5.41, 5.74) is 1.27. The number of methoxy groups -OCH3 is 1. The fourth-order valence-electron chi connectivity index (χ4n) is 1.70. The van der Waals surface area contributed by atoms with Gasteiger partial charge in [-0.2, -0.15) is 0 Å². The Balaban J connectivity index is 1.80. The van der Waals surface area contributed by atoms with Gasteiger partial charge in [-0.1, -0.05) is 18.2 Å². The highest BCUT2D eigenvalue weighted by molar-refractivity contribution is 8.03. The Morgan fingerprint density at radius 2 is 2.31 bits per heavy atom. The van der Waals surface area contributed by atoms with Gasteiger partial charge in [-0.05, 0) is 29.0 Å². The molecule has 2 nitrogen and oxygen atoms in total. The molecule has 1 N–H and O–H groups in total. The van der Waals surface area contributed by atoms with Crippen LogP contribution < -0.4 is 10.1 Å². The molecule has 0 saturated heterocycles. The number of benzene rings is 1. The van der Waals surface area contributed by atoms with Crippen molar-refractivity contribution in [2.24, 2.45) is 0 Å². The van der Waals surface area contributed by atoms with E-state index in [0.717, 1.165) is 18.8 Å². The molecule has 1 aliphatic heterocycles. The molecule has 1 aromatic rings. The molecule has 0 atom stereocenters. The summed E-state index contributed by atoms with van der Waals surface area (Å²) in [7, 11) is 1.70. The Bertz CT molecular complexity index is 376. The van der Waals surface area contributed by atoms with Crippen LogP contribution in [-0.4, -0.2) is 19.4 Å². The van der Waals surface area contributed by atoms with E-state index >= 15 is 0 Å². The molecule has 0 bridgehead atoms. The molecule has 0 radical (unpaired) electrons. The summed E-state index contributed by atoms with van der Waals surface area (Å²) in [5.74, 6) is 2.17. The molecule has 16 heavy (non-hydrogen) atoms. The minimum Gasteiger partial charge on any atom is -0.497 e. The van der Waals surface area contributed by atoms with Crippen molar-refractivity contribution in [3.63, 3.8) is 0 Å². The van der Waals surface area contributed by atoms with Crippen molar-refractivity contribution in [2.45, 2.75) is 13.0 Å². The van der Waals surface area contributed by atoms with Gasteiger partial charge in [0.2, 0.25) is 0 Å². The standard InChI is InChI=1S/C13H17NOS/c1-15-12-5-2-4-11(8-12)9-14-10-13-6-3-7-16-13/h2,4-6,8,14H,3,7,9-10H2,1H3. The number of rotatable bonds is 5. The van der Waals surface area contributed by atoms with Crippen LogP contribution in [0.4, 0.5) is 0 Å². The zero-order valence-electron chi connectivity index (χ0n) is 9.53. The fourth-order valence-corrected chi connectivity index (χ4v) is 2.64. The van der Waals surface area contributed by atoms with Gasteiger partial charge in [0.1, 0.15) is 5.75 Å². The smallest absolute Gasteiger partial charge is 0.119 e. The molecule has 2 rings (SSSR count). The average Bonchev–Trinajstić information content (AvgIpc) is 2.82. The summed E-state index contributed by atoms with van der Waals surface area (Å²) in [6.07, 6.45) is 3.55. The van der Waals surface area contributed by atoms with Gasteiger partial charge in [0.05, 0.1) is 7.11 Å². The van der Waals surface area contributed by atoms with E-state index in [9.17, 15) is 0 Å². The first-order valence-corrected chi connectivity index (χ1v) is 6.52. The third-order valence-corrected chi connectivity index (χ3v) is 3.66. The van der Waals surface area contributed by atoms with Gasteiger partial charge in [0.25, 0.3) is 0 Å². The van der Waals surface area contributed by atoms with Crippen molar-refractivity contribution >= 4 is 11.8 Å². The quantitative estimate of drug-likeness (QED) is 0.848. The fraction of sp³-hybridized carbons (Fsp3) is 0.385. The summed E-state index contributed by atoms with van der Waals surface area (Å²) in [6, 6.07) is 8.19. The SMILES string of the molecule is COc1cccc(CNCC2=CCCS2)c1. The summed E-state index contributed by atoms with van der Waals surface area (Å²) in [6.45, 7) is 1.89. The molecule has 1 heterocycles. The van der Waals surface area contributed by atoms with E-state index in [4.69, 9.17) is 4.74 Å². The lowest BCUT2D eigenvalue weighted by Crippen LogP contribution is -2.15. The van der Waals surface area contributed by atoms with Crippen LogP contribution >= 0.6 is 11.8 Å². The van der Waals surface area contributed by atoms with Crippen LogP contribution in [0.3, 0.4) is 0 Å². The summed E-state index contributed by atoms with van der Waals surface area (Å²) < 4.78 is 5.19. The lowest BCUT2D eigenvalue weighted by Gasteiger charge is -2.06. The van der Waals surface area contributed by atoms with E-state index in [1.54, 1.807) is 7.11 Å². The van der Waals surface area contributed by atoms with Crippen LogP contribution in [0, 0.1) is 0 Å². The van der Waals surface area contributed by atoms with Gasteiger partial charge >= 0.3 is 0 Å². The van der Waals surface area contributed by atoms with Crippen molar-refractivity contribution in [1.82, 2.24) is 5.32 Å². The van der Waals surface area contributed by atoms with Gasteiger partial charge in [-0.3, -0.25) is 0 Å². The Labute approximate surface area is 101 Å². The normalized spacial score (nSPS) is 14.9. The molecule has 0 fully saturated rings. The molecular formula is C13H17NOS. The predicted octanol–water partition coefficient (Wildman–Crippen LogP) is 2.81. The van der Waals surface area contributed by atoms with Crippen molar-refractivity contribution in [3.05, 3.63) is 40.8 Å². The van der Waals surface area contributed by atoms with Crippen molar-refractivity contribution in [1.29, 1.82) is 0 Å². The predicted molar refractivity (Wildman–Crippen MR) is 69.9 cm³/mol. The lowest BCUT2D eigenvalue weighted by atomic mass is 10.2. The zero-order valence-corrected chi connectivity index (χ0v) is 10.3. The maximum atomic E-state index is 5.19. The number of nitrogens with one attached hydrogen (secondary N) is 1. The molecule has 0 saturated carbocycles. The largest absolute Gasteiger partial charge is 0.497 e. The van der Waals surface area contributed by atoms with E-state index < -0.39 is 0 Å². The lowest BCUT2D eigenvalue weighted by molar-refractivity contribution is 0.414. The first-order chi connectivity index (χ1) is 7.88. The highest BCUT2D eigenvalue weighted by Crippen LogP contribution is 2.23. The van der Waals surface area contributed by atoms with Crippen LogP contribution in [0.25, 0.3) is 0 Å². The van der Waals surface area contributed by atoms with Gasteiger partial charge in [0, 0.05) is 18.8 Å². The zero-order chi connectivity index (χ0) is 11.2. The van der Waals surface area contributed by atoms with E-state index in [1.807, 2.05) is 23.9 Å². The maximum Gasteiger partial charge on any atom is 0.119 e. The third-order valence-electron chi connectivity index (χ3n) is 2.54. The molecule has 3 heteroatoms. The first kappa shape index (κ1) is 11.6. The second kappa shape index (κ2) is 5.97. The van der Waals surface area contributed by atoms with E-state index in [2.05, 4.69) is 23.5 Å². The Kier molecular flexibility index (Phi) is 4.31. The van der Waals surface area contributed by atoms with E-state index in [0.29, 0.717) is 0 Å². The minimum atomic E-state index is 0.898. The monoisotopic (exact) mass is 235 g/mol. The molecule has 1 aromatic carbocycles. The number of ether oxygens (including phenoxy) is 1. The number of thioether (sulfide) groups is 1. The molecule has 0 unspecified atom stereocenters. The second-order valence-electron chi connectivity index (χ2n) is 3.76. The van der Waals surface area contributed by atoms with Crippen molar-refractivity contribution in [2.75, 3.05) is 19.4 Å². The average molecular weight is 235 g/mol. The van der Waals surface area contributed by atoms with Crippen LogP contribution in [-0.2, 0) is 6.54 Å². The molecule has 0 aliphatic carbocycles. The summed E-state index contributed by atoms with van der Waals surface area (Å²) >= 11 is 1.96. The maximum absolute atomic E-state index is 5.19. The summed E-state index contributed by atoms with van der Waals surface area (Å²) in [5, 5.41) is 3.45. The molecular weight excluding hydrogens is 218 g/mol. The minimum absolute atomic E-state index is 0.898. The third kappa shape index (κ3) is 3.29. The molecule has 0 aromatic heterocycles. The van der Waals surface area contributed by atoms with Crippen LogP contribution in [0.2, 0.25) is 0 Å². The Hall–Kier alpha value is -0.930. The van der Waals surface area contributed by atoms with Crippen LogP contribution in [0.1, 0.15) is 12.0 Å². The molecule has 0 spiro atoms. The van der Waals surface area contributed by atoms with Crippen molar-refractivity contribution in [3.8, 4) is 5.75 Å². The van der Waals surface area contributed by atoms with Gasteiger partial charge in [0.15, 0.2) is 0 Å². The first-order valence-electron chi connectivity index (χ1n) is 5.54. The number of hydrogen-bond acceptors (Lipinski definition) is 3. The molecule has 0 amide bonds. The topological polar surface area (TPSA) is 21.3 Å². The van der Waals surface area contributed by atoms with E-state index in [-0.39, 0.29) is 0 Å². The van der Waals surface area contributed by atoms with Crippen LogP contribution in [0.15, 0.2) is 35.2 Å². The Morgan fingerprint density at radius 3 is 3.06 bits per heavy atom. The van der Waals surface area contributed by atoms with Crippen molar-refractivity contribution < 1.29 is 4.74 Å². The second-order valence-corrected chi connectivity index (χ2v) is 4.98. The van der Waals surface area contributed by atoms with E-state index in [1.165, 1.54) is 22.6 Å². The van der Waals surface area contributed by atoms with Gasteiger partial charge < -0.3 is 10.1 Å². The Morgan fingerprint density at radius 1 is 1.38 bits per heavy atom. The van der Waals surface area contributed by atoms with Gasteiger partial charge in [-0.25, -0.2) is 0 Å². The molecule has 86 valence electrons. The van der Waals surface area contributed by atoms with Crippen LogP contribution in [0.5, 0.6) is 5.75 Å². The van der Waals surface area contributed by atoms with Gasteiger partial charge in [-0.15, -0.1) is 11.8 Å². The summed E-state index contributed by atoms with van der Waals surface area (Å²) in [4.78, 5) is 1.47. The highest BCUT2D eigenvalue weighted by Gasteiger charge is 2.04. The highest BCUT2D eigenvalue weighted by atomic mass is 32.2. The molecule has 1 aliphatic rings. The number of hydrogen-bond donors (Lipinski definition) is 1. The number of allylic oxidation sites excluding steroid dienone is 1.